The number of hydrogen-bond donors (Lipinski definition) is 2. The summed E-state index contributed by atoms with van der Waals surface area (Å²) in [5, 5.41) is 5.69. The minimum Gasteiger partial charge on any atom is -0.495 e. The zero-order valence-corrected chi connectivity index (χ0v) is 18.1. The van der Waals surface area contributed by atoms with Crippen molar-refractivity contribution in [1.29, 1.82) is 0 Å². The van der Waals surface area contributed by atoms with Crippen molar-refractivity contribution in [3.05, 3.63) is 74.3 Å². The average molecular weight is 474 g/mol. The van der Waals surface area contributed by atoms with E-state index in [9.17, 15) is 17.6 Å². The van der Waals surface area contributed by atoms with E-state index in [1.54, 1.807) is 6.92 Å². The third-order valence-corrected chi connectivity index (χ3v) is 6.43. The Morgan fingerprint density at radius 1 is 1.26 bits per heavy atom. The van der Waals surface area contributed by atoms with Crippen LogP contribution < -0.4 is 15.2 Å². The van der Waals surface area contributed by atoms with E-state index in [0.29, 0.717) is 5.56 Å². The van der Waals surface area contributed by atoms with Crippen LogP contribution in [0.15, 0.2) is 44.4 Å². The first-order valence-corrected chi connectivity index (χ1v) is 10.7. The molecule has 2 N–H and O–H groups in total. The molecule has 0 radical (unpaired) electrons. The fraction of sp³-hybridized carbons (Fsp3) is 0.263. The summed E-state index contributed by atoms with van der Waals surface area (Å²) in [6.45, 7) is 3.15. The van der Waals surface area contributed by atoms with Crippen LogP contribution in [0.3, 0.4) is 0 Å². The van der Waals surface area contributed by atoms with Crippen LogP contribution in [0.4, 0.5) is 8.78 Å². The second kappa shape index (κ2) is 8.77. The number of benzene rings is 2. The average Bonchev–Trinajstić information content (AvgIpc) is 3.14. The topological polar surface area (TPSA) is 114 Å². The summed E-state index contributed by atoms with van der Waals surface area (Å²) < 4.78 is 68.2. The van der Waals surface area contributed by atoms with Crippen LogP contribution in [0.1, 0.15) is 34.8 Å². The number of rotatable bonds is 7. The SMILES string of the molecule is COc1cc(Cl)ccc1S(=O)(=O)N[C@H](c1n[nH]c(=O)o1)C(F)c1c(F)ccc(C)c1C. The van der Waals surface area contributed by atoms with Gasteiger partial charge in [0.2, 0.25) is 15.9 Å². The Morgan fingerprint density at radius 3 is 2.58 bits per heavy atom. The van der Waals surface area contributed by atoms with Crippen LogP contribution in [0.25, 0.3) is 0 Å². The van der Waals surface area contributed by atoms with E-state index >= 15 is 4.39 Å². The Morgan fingerprint density at radius 2 is 1.97 bits per heavy atom. The number of nitrogens with zero attached hydrogens (tertiary/aromatic N) is 1. The van der Waals surface area contributed by atoms with Gasteiger partial charge in [-0.1, -0.05) is 17.7 Å². The summed E-state index contributed by atoms with van der Waals surface area (Å²) in [4.78, 5) is 11.1. The summed E-state index contributed by atoms with van der Waals surface area (Å²) in [5.41, 5.74) is 0.476. The van der Waals surface area contributed by atoms with Gasteiger partial charge in [-0.05, 0) is 43.2 Å². The van der Waals surface area contributed by atoms with Crippen LogP contribution in [-0.2, 0) is 10.0 Å². The van der Waals surface area contributed by atoms with Gasteiger partial charge in [-0.3, -0.25) is 0 Å². The van der Waals surface area contributed by atoms with Gasteiger partial charge in [0.05, 0.1) is 7.11 Å². The van der Waals surface area contributed by atoms with Crippen LogP contribution >= 0.6 is 11.6 Å². The summed E-state index contributed by atoms with van der Waals surface area (Å²) in [7, 11) is -3.22. The number of aryl methyl sites for hydroxylation is 1. The number of halogens is 3. The maximum absolute atomic E-state index is 15.7. The Bertz CT molecular complexity index is 1280. The second-order valence-corrected chi connectivity index (χ2v) is 8.77. The van der Waals surface area contributed by atoms with Gasteiger partial charge in [0.25, 0.3) is 0 Å². The number of aromatic nitrogens is 2. The van der Waals surface area contributed by atoms with Crippen LogP contribution in [0.2, 0.25) is 5.02 Å². The largest absolute Gasteiger partial charge is 0.495 e. The van der Waals surface area contributed by atoms with Gasteiger partial charge >= 0.3 is 5.76 Å². The number of aromatic amines is 1. The van der Waals surface area contributed by atoms with Crippen molar-refractivity contribution in [2.45, 2.75) is 31.0 Å². The molecular formula is C19H18ClF2N3O5S. The lowest BCUT2D eigenvalue weighted by atomic mass is 9.95. The van der Waals surface area contributed by atoms with Gasteiger partial charge in [0.1, 0.15) is 22.5 Å². The van der Waals surface area contributed by atoms with E-state index in [2.05, 4.69) is 9.82 Å². The van der Waals surface area contributed by atoms with Crippen molar-refractivity contribution in [3.63, 3.8) is 0 Å². The maximum atomic E-state index is 15.7. The highest BCUT2D eigenvalue weighted by Crippen LogP contribution is 2.37. The lowest BCUT2D eigenvalue weighted by Gasteiger charge is -2.22. The second-order valence-electron chi connectivity index (χ2n) is 6.65. The zero-order valence-electron chi connectivity index (χ0n) is 16.6. The molecule has 0 saturated heterocycles. The van der Waals surface area contributed by atoms with Crippen LogP contribution in [0, 0.1) is 19.7 Å². The molecule has 0 aliphatic carbocycles. The molecular weight excluding hydrogens is 456 g/mol. The van der Waals surface area contributed by atoms with Gasteiger partial charge in [-0.2, -0.15) is 4.72 Å². The molecule has 0 amide bonds. The van der Waals surface area contributed by atoms with Crippen molar-refractivity contribution >= 4 is 21.6 Å². The summed E-state index contributed by atoms with van der Waals surface area (Å²) >= 11 is 5.87. The zero-order chi connectivity index (χ0) is 22.9. The molecule has 0 bridgehead atoms. The van der Waals surface area contributed by atoms with Crippen molar-refractivity contribution in [3.8, 4) is 5.75 Å². The van der Waals surface area contributed by atoms with Gasteiger partial charge in [-0.25, -0.2) is 27.1 Å². The Kier molecular flexibility index (Phi) is 6.48. The summed E-state index contributed by atoms with van der Waals surface area (Å²) in [6, 6.07) is 4.40. The molecule has 0 aliphatic rings. The highest BCUT2D eigenvalue weighted by molar-refractivity contribution is 7.89. The minimum atomic E-state index is -4.46. The number of alkyl halides is 1. The molecule has 31 heavy (non-hydrogen) atoms. The van der Waals surface area contributed by atoms with Crippen molar-refractivity contribution in [1.82, 2.24) is 14.9 Å². The standard InChI is InChI=1S/C19H18ClF2N3O5S/c1-9-4-6-12(21)15(10(9)2)16(22)17(18-23-24-19(26)30-18)25-31(27,28)14-7-5-11(20)8-13(14)29-3/h4-8,16-17,25H,1-3H3,(H,24,26)/t16?,17-/m0/s1. The quantitative estimate of drug-likeness (QED) is 0.542. The number of nitrogens with one attached hydrogen (secondary N) is 2. The molecule has 1 heterocycles. The Labute approximate surface area is 181 Å². The van der Waals surface area contributed by atoms with E-state index in [4.69, 9.17) is 20.8 Å². The van der Waals surface area contributed by atoms with E-state index in [0.717, 1.165) is 12.1 Å². The third-order valence-electron chi connectivity index (χ3n) is 4.72. The number of ether oxygens (including phenoxy) is 1. The maximum Gasteiger partial charge on any atom is 0.434 e. The predicted octanol–water partition coefficient (Wildman–Crippen LogP) is 3.51. The molecule has 12 heteroatoms. The Hall–Kier alpha value is -2.76. The first kappa shape index (κ1) is 22.9. The van der Waals surface area contributed by atoms with Gasteiger partial charge < -0.3 is 9.15 Å². The fourth-order valence-corrected chi connectivity index (χ4v) is 4.51. The highest BCUT2D eigenvalue weighted by Gasteiger charge is 2.37. The molecule has 0 fully saturated rings. The molecule has 2 aromatic carbocycles. The molecule has 166 valence electrons. The van der Waals surface area contributed by atoms with Gasteiger partial charge in [0.15, 0.2) is 6.17 Å². The van der Waals surface area contributed by atoms with Crippen molar-refractivity contribution in [2.24, 2.45) is 0 Å². The molecule has 3 aromatic rings. The number of hydrogen-bond acceptors (Lipinski definition) is 6. The molecule has 2 atom stereocenters. The van der Waals surface area contributed by atoms with Crippen molar-refractivity contribution in [2.75, 3.05) is 7.11 Å². The van der Waals surface area contributed by atoms with Crippen molar-refractivity contribution < 1.29 is 26.4 Å². The first-order chi connectivity index (χ1) is 14.5. The molecule has 3 rings (SSSR count). The molecule has 0 spiro atoms. The highest BCUT2D eigenvalue weighted by atomic mass is 35.5. The summed E-state index contributed by atoms with van der Waals surface area (Å²) in [5.74, 6) is -2.62. The van der Waals surface area contributed by atoms with E-state index in [1.807, 2.05) is 5.10 Å². The normalized spacial score (nSPS) is 13.7. The first-order valence-electron chi connectivity index (χ1n) is 8.86. The smallest absolute Gasteiger partial charge is 0.434 e. The van der Waals surface area contributed by atoms with Gasteiger partial charge in [0, 0.05) is 16.7 Å². The van der Waals surface area contributed by atoms with E-state index in [1.165, 1.54) is 32.2 Å². The van der Waals surface area contributed by atoms with Crippen LogP contribution in [-0.4, -0.2) is 25.7 Å². The van der Waals surface area contributed by atoms with Gasteiger partial charge in [-0.15, -0.1) is 5.10 Å². The molecule has 8 nitrogen and oxygen atoms in total. The Balaban J connectivity index is 2.12. The third kappa shape index (κ3) is 4.63. The fourth-order valence-electron chi connectivity index (χ4n) is 3.01. The lowest BCUT2D eigenvalue weighted by Crippen LogP contribution is -2.32. The number of H-pyrrole nitrogens is 1. The van der Waals surface area contributed by atoms with Crippen LogP contribution in [0.5, 0.6) is 5.75 Å². The molecule has 0 saturated carbocycles. The van der Waals surface area contributed by atoms with E-state index < -0.39 is 39.7 Å². The molecule has 0 aliphatic heterocycles. The molecule has 1 aromatic heterocycles. The number of methoxy groups -OCH3 is 1. The minimum absolute atomic E-state index is 0.101. The van der Waals surface area contributed by atoms with E-state index in [-0.39, 0.29) is 26.8 Å². The predicted molar refractivity (Wildman–Crippen MR) is 108 cm³/mol. The number of sulfonamides is 1. The molecule has 1 unspecified atom stereocenters. The lowest BCUT2D eigenvalue weighted by molar-refractivity contribution is 0.235. The monoisotopic (exact) mass is 473 g/mol. The summed E-state index contributed by atoms with van der Waals surface area (Å²) in [6.07, 6.45) is -2.28.